The van der Waals surface area contributed by atoms with Crippen LogP contribution in [0.1, 0.15) is 15.9 Å². The monoisotopic (exact) mass is 307 g/mol. The smallest absolute Gasteiger partial charge is 0.167 e. The standard InChI is InChI=1S/C14H11BrFNO/c15-11-4-2-1-3-9(11)8-14(18)10-5-6-13(17)12(16)7-10/h1-7H,8,17H2. The van der Waals surface area contributed by atoms with E-state index in [1.165, 1.54) is 18.2 Å². The molecule has 2 N–H and O–H groups in total. The van der Waals surface area contributed by atoms with E-state index >= 15 is 0 Å². The zero-order chi connectivity index (χ0) is 13.1. The Labute approximate surface area is 113 Å². The first kappa shape index (κ1) is 12.8. The highest BCUT2D eigenvalue weighted by molar-refractivity contribution is 9.10. The third-order valence-corrected chi connectivity index (χ3v) is 3.40. The van der Waals surface area contributed by atoms with Gasteiger partial charge in [-0.05, 0) is 29.8 Å². The fourth-order valence-electron chi connectivity index (χ4n) is 1.62. The summed E-state index contributed by atoms with van der Waals surface area (Å²) >= 11 is 3.38. The molecule has 18 heavy (non-hydrogen) atoms. The van der Waals surface area contributed by atoms with E-state index in [4.69, 9.17) is 5.73 Å². The van der Waals surface area contributed by atoms with E-state index in [-0.39, 0.29) is 17.9 Å². The summed E-state index contributed by atoms with van der Waals surface area (Å²) in [6.45, 7) is 0. The second-order valence-corrected chi connectivity index (χ2v) is 4.78. The number of carbonyl (C=O) groups is 1. The quantitative estimate of drug-likeness (QED) is 0.695. The first-order valence-electron chi connectivity index (χ1n) is 5.39. The largest absolute Gasteiger partial charge is 0.396 e. The molecule has 0 fully saturated rings. The van der Waals surface area contributed by atoms with Crippen LogP contribution in [0.3, 0.4) is 0 Å². The molecule has 0 aliphatic rings. The first-order chi connectivity index (χ1) is 8.58. The van der Waals surface area contributed by atoms with Crippen LogP contribution in [0.2, 0.25) is 0 Å². The number of nitrogens with two attached hydrogens (primary N) is 1. The van der Waals surface area contributed by atoms with E-state index in [1.807, 2.05) is 24.3 Å². The zero-order valence-electron chi connectivity index (χ0n) is 9.49. The summed E-state index contributed by atoms with van der Waals surface area (Å²) in [5, 5.41) is 0. The second-order valence-electron chi connectivity index (χ2n) is 3.93. The zero-order valence-corrected chi connectivity index (χ0v) is 11.1. The van der Waals surface area contributed by atoms with Crippen molar-refractivity contribution in [2.45, 2.75) is 6.42 Å². The summed E-state index contributed by atoms with van der Waals surface area (Å²) in [6, 6.07) is 11.6. The van der Waals surface area contributed by atoms with Gasteiger partial charge >= 0.3 is 0 Å². The van der Waals surface area contributed by atoms with E-state index in [2.05, 4.69) is 15.9 Å². The van der Waals surface area contributed by atoms with Crippen LogP contribution < -0.4 is 5.73 Å². The summed E-state index contributed by atoms with van der Waals surface area (Å²) in [4.78, 5) is 12.0. The Balaban J connectivity index is 2.22. The topological polar surface area (TPSA) is 43.1 Å². The third kappa shape index (κ3) is 2.76. The van der Waals surface area contributed by atoms with Crippen molar-refractivity contribution < 1.29 is 9.18 Å². The van der Waals surface area contributed by atoms with Crippen molar-refractivity contribution >= 4 is 27.4 Å². The molecule has 2 aromatic carbocycles. The number of nitrogen functional groups attached to an aromatic ring is 1. The van der Waals surface area contributed by atoms with Crippen LogP contribution >= 0.6 is 15.9 Å². The number of ketones is 1. The van der Waals surface area contributed by atoms with Gasteiger partial charge in [0, 0.05) is 16.5 Å². The van der Waals surface area contributed by atoms with Crippen molar-refractivity contribution in [3.8, 4) is 0 Å². The highest BCUT2D eigenvalue weighted by Crippen LogP contribution is 2.19. The van der Waals surface area contributed by atoms with Gasteiger partial charge in [-0.3, -0.25) is 4.79 Å². The van der Waals surface area contributed by atoms with Crippen LogP contribution in [0.25, 0.3) is 0 Å². The minimum Gasteiger partial charge on any atom is -0.396 e. The predicted molar refractivity (Wildman–Crippen MR) is 73.0 cm³/mol. The second kappa shape index (κ2) is 5.31. The number of hydrogen-bond acceptors (Lipinski definition) is 2. The Hall–Kier alpha value is -1.68. The molecule has 0 heterocycles. The Morgan fingerprint density at radius 1 is 1.22 bits per heavy atom. The molecule has 0 radical (unpaired) electrons. The van der Waals surface area contributed by atoms with E-state index in [0.717, 1.165) is 10.0 Å². The minimum absolute atomic E-state index is 0.0486. The third-order valence-electron chi connectivity index (χ3n) is 2.63. The molecule has 2 rings (SSSR count). The van der Waals surface area contributed by atoms with Gasteiger partial charge in [0.1, 0.15) is 5.82 Å². The molecule has 0 spiro atoms. The summed E-state index contributed by atoms with van der Waals surface area (Å²) in [6.07, 6.45) is 0.227. The van der Waals surface area contributed by atoms with Crippen molar-refractivity contribution in [2.75, 3.05) is 5.73 Å². The van der Waals surface area contributed by atoms with Crippen molar-refractivity contribution in [3.05, 3.63) is 63.9 Å². The minimum atomic E-state index is -0.562. The van der Waals surface area contributed by atoms with Gasteiger partial charge in [0.15, 0.2) is 5.78 Å². The number of hydrogen-bond donors (Lipinski definition) is 1. The summed E-state index contributed by atoms with van der Waals surface area (Å²) in [5.41, 5.74) is 6.63. The van der Waals surface area contributed by atoms with Crippen molar-refractivity contribution in [2.24, 2.45) is 0 Å². The van der Waals surface area contributed by atoms with Gasteiger partial charge < -0.3 is 5.73 Å². The van der Waals surface area contributed by atoms with Crippen molar-refractivity contribution in [1.29, 1.82) is 0 Å². The van der Waals surface area contributed by atoms with Gasteiger partial charge in [0.05, 0.1) is 5.69 Å². The van der Waals surface area contributed by atoms with Gasteiger partial charge in [-0.25, -0.2) is 4.39 Å². The van der Waals surface area contributed by atoms with Crippen LogP contribution in [0, 0.1) is 5.82 Å². The lowest BCUT2D eigenvalue weighted by Gasteiger charge is -2.05. The highest BCUT2D eigenvalue weighted by atomic mass is 79.9. The number of halogens is 2. The number of benzene rings is 2. The summed E-state index contributed by atoms with van der Waals surface area (Å²) < 4.78 is 14.1. The lowest BCUT2D eigenvalue weighted by molar-refractivity contribution is 0.0992. The lowest BCUT2D eigenvalue weighted by atomic mass is 10.0. The molecule has 0 saturated heterocycles. The van der Waals surface area contributed by atoms with Crippen molar-refractivity contribution in [3.63, 3.8) is 0 Å². The Morgan fingerprint density at radius 3 is 2.61 bits per heavy atom. The van der Waals surface area contributed by atoms with Gasteiger partial charge in [0.2, 0.25) is 0 Å². The Morgan fingerprint density at radius 2 is 1.94 bits per heavy atom. The Kier molecular flexibility index (Phi) is 3.77. The average Bonchev–Trinajstić information content (AvgIpc) is 2.35. The van der Waals surface area contributed by atoms with Crippen LogP contribution in [0.4, 0.5) is 10.1 Å². The lowest BCUT2D eigenvalue weighted by Crippen LogP contribution is -2.05. The molecule has 2 nitrogen and oxygen atoms in total. The molecule has 0 unspecified atom stereocenters. The Bertz CT molecular complexity index is 598. The van der Waals surface area contributed by atoms with Gasteiger partial charge in [-0.2, -0.15) is 0 Å². The summed E-state index contributed by atoms with van der Waals surface area (Å²) in [7, 11) is 0. The van der Waals surface area contributed by atoms with Crippen LogP contribution in [-0.4, -0.2) is 5.78 Å². The van der Waals surface area contributed by atoms with Crippen molar-refractivity contribution in [1.82, 2.24) is 0 Å². The average molecular weight is 308 g/mol. The molecule has 0 aliphatic heterocycles. The molecule has 0 aliphatic carbocycles. The van der Waals surface area contributed by atoms with Crippen LogP contribution in [-0.2, 0) is 6.42 Å². The molecule has 4 heteroatoms. The maximum Gasteiger partial charge on any atom is 0.167 e. The fraction of sp³-hybridized carbons (Fsp3) is 0.0714. The van der Waals surface area contributed by atoms with Crippen LogP contribution in [0.15, 0.2) is 46.9 Å². The van der Waals surface area contributed by atoms with Crippen LogP contribution in [0.5, 0.6) is 0 Å². The van der Waals surface area contributed by atoms with E-state index < -0.39 is 5.82 Å². The van der Waals surface area contributed by atoms with Gasteiger partial charge in [-0.1, -0.05) is 34.1 Å². The molecular weight excluding hydrogens is 297 g/mol. The number of Topliss-reactive ketones (excluding diaryl/α,β-unsaturated/α-hetero) is 1. The normalized spacial score (nSPS) is 10.3. The summed E-state index contributed by atoms with van der Waals surface area (Å²) in [5.74, 6) is -0.700. The molecule has 0 saturated carbocycles. The molecule has 0 atom stereocenters. The molecule has 0 aromatic heterocycles. The fourth-order valence-corrected chi connectivity index (χ4v) is 2.04. The van der Waals surface area contributed by atoms with Gasteiger partial charge in [0.25, 0.3) is 0 Å². The molecule has 0 bridgehead atoms. The molecular formula is C14H11BrFNO. The first-order valence-corrected chi connectivity index (χ1v) is 6.19. The number of carbonyl (C=O) groups excluding carboxylic acids is 1. The predicted octanol–water partition coefficient (Wildman–Crippen LogP) is 3.60. The maximum absolute atomic E-state index is 13.3. The molecule has 2 aromatic rings. The highest BCUT2D eigenvalue weighted by Gasteiger charge is 2.11. The molecule has 0 amide bonds. The maximum atomic E-state index is 13.3. The van der Waals surface area contributed by atoms with E-state index in [1.54, 1.807) is 0 Å². The number of rotatable bonds is 3. The molecule has 92 valence electrons. The van der Waals surface area contributed by atoms with E-state index in [0.29, 0.717) is 5.56 Å². The SMILES string of the molecule is Nc1ccc(C(=O)Cc2ccccc2Br)cc1F. The van der Waals surface area contributed by atoms with E-state index in [9.17, 15) is 9.18 Å². The number of anilines is 1. The van der Waals surface area contributed by atoms with Gasteiger partial charge in [-0.15, -0.1) is 0 Å².